The van der Waals surface area contributed by atoms with E-state index in [2.05, 4.69) is 29.1 Å². The van der Waals surface area contributed by atoms with Gasteiger partial charge in [-0.3, -0.25) is 0 Å². The van der Waals surface area contributed by atoms with Gasteiger partial charge >= 0.3 is 0 Å². The molecule has 0 radical (unpaired) electrons. The molecule has 0 fully saturated rings. The maximum absolute atomic E-state index is 5.40. The second-order valence-corrected chi connectivity index (χ2v) is 6.18. The fraction of sp³-hybridized carbons (Fsp3) is 0.400. The van der Waals surface area contributed by atoms with Crippen molar-refractivity contribution in [1.29, 1.82) is 0 Å². The lowest BCUT2D eigenvalue weighted by Gasteiger charge is -2.13. The molecule has 0 saturated carbocycles. The first kappa shape index (κ1) is 15.5. The summed E-state index contributed by atoms with van der Waals surface area (Å²) in [4.78, 5) is 0.762. The molecule has 122 valence electrons. The van der Waals surface area contributed by atoms with E-state index in [9.17, 15) is 0 Å². The van der Waals surface area contributed by atoms with Crippen LogP contribution in [0.25, 0.3) is 15.5 Å². The Kier molecular flexibility index (Phi) is 4.08. The molecule has 0 saturated heterocycles. The minimum atomic E-state index is 0.250. The number of aromatic nitrogens is 4. The van der Waals surface area contributed by atoms with Crippen LogP contribution in [0.15, 0.2) is 12.1 Å². The molecule has 0 atom stereocenters. The average molecular weight is 334 g/mol. The molecule has 0 aliphatic rings. The second kappa shape index (κ2) is 6.04. The Morgan fingerprint density at radius 3 is 2.17 bits per heavy atom. The maximum Gasteiger partial charge on any atom is 0.234 e. The van der Waals surface area contributed by atoms with Gasteiger partial charge in [0.05, 0.1) is 21.3 Å². The molecule has 1 aromatic carbocycles. The van der Waals surface area contributed by atoms with Gasteiger partial charge in [0.15, 0.2) is 17.3 Å². The van der Waals surface area contributed by atoms with Gasteiger partial charge in [0.1, 0.15) is 5.01 Å². The predicted molar refractivity (Wildman–Crippen MR) is 87.8 cm³/mol. The quantitative estimate of drug-likeness (QED) is 0.714. The maximum atomic E-state index is 5.40. The van der Waals surface area contributed by atoms with Crippen molar-refractivity contribution < 1.29 is 14.2 Å². The monoisotopic (exact) mass is 334 g/mol. The molecule has 3 aromatic rings. The SMILES string of the molecule is COc1cc(-c2nn3c(C(C)C)nnc3s2)cc(OC)c1OC. The molecule has 0 aliphatic heterocycles. The van der Waals surface area contributed by atoms with Crippen molar-refractivity contribution in [3.63, 3.8) is 0 Å². The summed E-state index contributed by atoms with van der Waals surface area (Å²) in [5, 5.41) is 13.8. The van der Waals surface area contributed by atoms with Crippen molar-refractivity contribution in [3.05, 3.63) is 18.0 Å². The highest BCUT2D eigenvalue weighted by Gasteiger charge is 2.19. The summed E-state index contributed by atoms with van der Waals surface area (Å²) in [6.45, 7) is 4.13. The van der Waals surface area contributed by atoms with Crippen molar-refractivity contribution in [3.8, 4) is 27.8 Å². The van der Waals surface area contributed by atoms with Gasteiger partial charge in [0.25, 0.3) is 0 Å². The first-order valence-electron chi connectivity index (χ1n) is 7.11. The zero-order valence-electron chi connectivity index (χ0n) is 13.7. The Morgan fingerprint density at radius 1 is 1.00 bits per heavy atom. The number of ether oxygens (including phenoxy) is 3. The standard InChI is InChI=1S/C15H18N4O3S/c1-8(2)13-16-17-15-19(13)18-14(23-15)9-6-10(20-3)12(22-5)11(7-9)21-4/h6-8H,1-5H3. The Balaban J connectivity index is 2.14. The molecular weight excluding hydrogens is 316 g/mol. The molecule has 0 amide bonds. The van der Waals surface area contributed by atoms with Gasteiger partial charge in [0, 0.05) is 11.5 Å². The Hall–Kier alpha value is -2.35. The van der Waals surface area contributed by atoms with E-state index in [1.807, 2.05) is 12.1 Å². The third-order valence-corrected chi connectivity index (χ3v) is 4.39. The van der Waals surface area contributed by atoms with E-state index in [1.54, 1.807) is 25.8 Å². The van der Waals surface area contributed by atoms with Gasteiger partial charge in [-0.2, -0.15) is 9.61 Å². The molecule has 0 bridgehead atoms. The topological polar surface area (TPSA) is 70.8 Å². The van der Waals surface area contributed by atoms with Crippen molar-refractivity contribution in [2.24, 2.45) is 0 Å². The van der Waals surface area contributed by atoms with Crippen LogP contribution in [-0.2, 0) is 0 Å². The second-order valence-electron chi connectivity index (χ2n) is 5.23. The number of hydrogen-bond acceptors (Lipinski definition) is 7. The van der Waals surface area contributed by atoms with Crippen LogP contribution in [0.5, 0.6) is 17.2 Å². The van der Waals surface area contributed by atoms with Gasteiger partial charge in [-0.1, -0.05) is 25.2 Å². The van der Waals surface area contributed by atoms with Crippen LogP contribution in [0.2, 0.25) is 0 Å². The van der Waals surface area contributed by atoms with Gasteiger partial charge in [-0.15, -0.1) is 10.2 Å². The Bertz CT molecular complexity index is 815. The Morgan fingerprint density at radius 2 is 1.65 bits per heavy atom. The highest BCUT2D eigenvalue weighted by Crippen LogP contribution is 2.42. The number of fused-ring (bicyclic) bond motifs is 1. The molecule has 0 spiro atoms. The van der Waals surface area contributed by atoms with Crippen molar-refractivity contribution in [2.75, 3.05) is 21.3 Å². The lowest BCUT2D eigenvalue weighted by Crippen LogP contribution is -1.98. The van der Waals surface area contributed by atoms with Gasteiger partial charge in [0.2, 0.25) is 10.7 Å². The average Bonchev–Trinajstić information content (AvgIpc) is 3.13. The highest BCUT2D eigenvalue weighted by atomic mass is 32.1. The zero-order valence-corrected chi connectivity index (χ0v) is 14.5. The lowest BCUT2D eigenvalue weighted by atomic mass is 10.2. The first-order chi connectivity index (χ1) is 11.1. The van der Waals surface area contributed by atoms with Crippen LogP contribution in [0.3, 0.4) is 0 Å². The fourth-order valence-electron chi connectivity index (χ4n) is 2.31. The summed E-state index contributed by atoms with van der Waals surface area (Å²) >= 11 is 1.47. The first-order valence-corrected chi connectivity index (χ1v) is 7.93. The van der Waals surface area contributed by atoms with E-state index < -0.39 is 0 Å². The molecule has 3 rings (SSSR count). The number of methoxy groups -OCH3 is 3. The van der Waals surface area contributed by atoms with Gasteiger partial charge in [-0.25, -0.2) is 0 Å². The lowest BCUT2D eigenvalue weighted by molar-refractivity contribution is 0.324. The van der Waals surface area contributed by atoms with Gasteiger partial charge < -0.3 is 14.2 Å². The van der Waals surface area contributed by atoms with E-state index in [0.29, 0.717) is 17.2 Å². The van der Waals surface area contributed by atoms with E-state index in [1.165, 1.54) is 11.3 Å². The molecule has 23 heavy (non-hydrogen) atoms. The largest absolute Gasteiger partial charge is 0.493 e. The zero-order chi connectivity index (χ0) is 16.6. The minimum Gasteiger partial charge on any atom is -0.493 e. The molecule has 0 N–H and O–H groups in total. The molecular formula is C15H18N4O3S. The van der Waals surface area contributed by atoms with Crippen LogP contribution < -0.4 is 14.2 Å². The number of hydrogen-bond donors (Lipinski definition) is 0. The van der Waals surface area contributed by atoms with Crippen LogP contribution in [-0.4, -0.2) is 41.1 Å². The number of nitrogens with zero attached hydrogens (tertiary/aromatic N) is 4. The van der Waals surface area contributed by atoms with Crippen molar-refractivity contribution in [2.45, 2.75) is 19.8 Å². The van der Waals surface area contributed by atoms with Crippen LogP contribution in [0.4, 0.5) is 0 Å². The van der Waals surface area contributed by atoms with Crippen LogP contribution in [0, 0.1) is 0 Å². The fourth-order valence-corrected chi connectivity index (χ4v) is 3.15. The molecule has 7 nitrogen and oxygen atoms in total. The molecule has 0 unspecified atom stereocenters. The molecule has 2 aromatic heterocycles. The third kappa shape index (κ3) is 2.59. The highest BCUT2D eigenvalue weighted by molar-refractivity contribution is 7.19. The smallest absolute Gasteiger partial charge is 0.234 e. The Labute approximate surface area is 137 Å². The number of benzene rings is 1. The summed E-state index contributed by atoms with van der Waals surface area (Å²) in [7, 11) is 4.77. The number of rotatable bonds is 5. The summed E-state index contributed by atoms with van der Waals surface area (Å²) in [5.41, 5.74) is 0.879. The van der Waals surface area contributed by atoms with Gasteiger partial charge in [-0.05, 0) is 12.1 Å². The van der Waals surface area contributed by atoms with Crippen molar-refractivity contribution >= 4 is 16.3 Å². The molecule has 8 heteroatoms. The van der Waals surface area contributed by atoms with Crippen molar-refractivity contribution in [1.82, 2.24) is 19.8 Å². The van der Waals surface area contributed by atoms with Crippen LogP contribution in [0.1, 0.15) is 25.6 Å². The normalized spacial score (nSPS) is 11.2. The summed E-state index contributed by atoms with van der Waals surface area (Å²) in [6.07, 6.45) is 0. The van der Waals surface area contributed by atoms with E-state index in [0.717, 1.165) is 21.4 Å². The summed E-state index contributed by atoms with van der Waals surface area (Å²) in [5.74, 6) is 2.84. The molecule has 2 heterocycles. The summed E-state index contributed by atoms with van der Waals surface area (Å²) in [6, 6.07) is 3.75. The van der Waals surface area contributed by atoms with E-state index >= 15 is 0 Å². The van der Waals surface area contributed by atoms with Crippen LogP contribution >= 0.6 is 11.3 Å². The summed E-state index contributed by atoms with van der Waals surface area (Å²) < 4.78 is 17.9. The minimum absolute atomic E-state index is 0.250. The third-order valence-electron chi connectivity index (χ3n) is 3.44. The molecule has 0 aliphatic carbocycles. The van der Waals surface area contributed by atoms with E-state index in [-0.39, 0.29) is 5.92 Å². The predicted octanol–water partition coefficient (Wildman–Crippen LogP) is 3.00. The van der Waals surface area contributed by atoms with E-state index in [4.69, 9.17) is 14.2 Å².